The van der Waals surface area contributed by atoms with E-state index in [1.54, 1.807) is 0 Å². The molecule has 1 N–H and O–H groups in total. The summed E-state index contributed by atoms with van der Waals surface area (Å²) in [4.78, 5) is 0. The quantitative estimate of drug-likeness (QED) is 0.471. The highest BCUT2D eigenvalue weighted by molar-refractivity contribution is 6.17. The van der Waals surface area contributed by atoms with Crippen LogP contribution in [-0.2, 0) is 0 Å². The summed E-state index contributed by atoms with van der Waals surface area (Å²) < 4.78 is 22.7. The molecule has 4 heteroatoms. The molecule has 0 bridgehead atoms. The lowest BCUT2D eigenvalue weighted by Gasteiger charge is -1.99. The maximum Gasteiger partial charge on any atom is 0.250 e. The highest BCUT2D eigenvalue weighted by Crippen LogP contribution is 1.88. The summed E-state index contributed by atoms with van der Waals surface area (Å²) in [7, 11) is 0. The second-order valence-corrected chi connectivity index (χ2v) is 2.02. The second-order valence-electron chi connectivity index (χ2n) is 1.64. The van der Waals surface area contributed by atoms with Gasteiger partial charge in [0.2, 0.25) is 0 Å². The van der Waals surface area contributed by atoms with Gasteiger partial charge in [0.15, 0.2) is 0 Å². The Morgan fingerprint density at radius 1 is 1.44 bits per heavy atom. The summed E-state index contributed by atoms with van der Waals surface area (Å²) in [6.45, 7) is 0.352. The molecule has 0 unspecified atom stereocenters. The molecule has 0 aromatic heterocycles. The number of alkyl halides is 3. The van der Waals surface area contributed by atoms with Gasteiger partial charge in [-0.1, -0.05) is 0 Å². The number of hydrogen-bond donors (Lipinski definition) is 1. The average Bonchev–Trinajstić information content (AvgIpc) is 1.80. The number of rotatable bonds is 5. The molecule has 56 valence electrons. The van der Waals surface area contributed by atoms with Crippen molar-refractivity contribution in [2.45, 2.75) is 12.8 Å². The van der Waals surface area contributed by atoms with Crippen molar-refractivity contribution in [1.29, 1.82) is 0 Å². The molecular formula is C5H10ClF2N. The first kappa shape index (κ1) is 9.11. The number of nitrogens with one attached hydrogen (secondary N) is 1. The van der Waals surface area contributed by atoms with Crippen LogP contribution in [-0.4, -0.2) is 25.4 Å². The van der Waals surface area contributed by atoms with E-state index in [4.69, 9.17) is 11.6 Å². The molecular weight excluding hydrogens is 148 g/mol. The molecule has 0 saturated heterocycles. The van der Waals surface area contributed by atoms with Gasteiger partial charge in [-0.3, -0.25) is 0 Å². The topological polar surface area (TPSA) is 12.0 Å². The number of halogens is 3. The van der Waals surface area contributed by atoms with E-state index in [9.17, 15) is 8.78 Å². The Kier molecular flexibility index (Phi) is 6.31. The van der Waals surface area contributed by atoms with E-state index in [2.05, 4.69) is 5.32 Å². The van der Waals surface area contributed by atoms with Crippen LogP contribution >= 0.6 is 11.6 Å². The van der Waals surface area contributed by atoms with Crippen molar-refractivity contribution in [2.24, 2.45) is 0 Å². The molecule has 0 rings (SSSR count). The summed E-state index contributed by atoms with van der Waals surface area (Å²) in [5.74, 6) is 0.524. The Hall–Kier alpha value is 0.110. The van der Waals surface area contributed by atoms with Crippen molar-refractivity contribution in [3.8, 4) is 0 Å². The van der Waals surface area contributed by atoms with Crippen molar-refractivity contribution >= 4 is 11.6 Å². The minimum atomic E-state index is -2.25. The molecule has 0 aliphatic heterocycles. The summed E-state index contributed by atoms with van der Waals surface area (Å²) in [6, 6.07) is 0. The predicted octanol–water partition coefficient (Wildman–Crippen LogP) is 1.47. The molecule has 0 aromatic rings. The molecule has 0 aliphatic carbocycles. The molecule has 0 spiro atoms. The zero-order chi connectivity index (χ0) is 7.11. The highest BCUT2D eigenvalue weighted by atomic mass is 35.5. The first-order chi connectivity index (χ1) is 4.27. The SMILES string of the molecule is FC(F)CNCCCCl. The van der Waals surface area contributed by atoms with Crippen molar-refractivity contribution in [1.82, 2.24) is 5.32 Å². The molecule has 0 fully saturated rings. The maximum atomic E-state index is 11.4. The molecule has 0 heterocycles. The summed E-state index contributed by atoms with van der Waals surface area (Å²) in [6.07, 6.45) is -1.51. The molecule has 9 heavy (non-hydrogen) atoms. The van der Waals surface area contributed by atoms with Crippen molar-refractivity contribution in [3.05, 3.63) is 0 Å². The zero-order valence-corrected chi connectivity index (χ0v) is 5.80. The van der Waals surface area contributed by atoms with Crippen LogP contribution in [0.25, 0.3) is 0 Å². The second kappa shape index (κ2) is 6.23. The van der Waals surface area contributed by atoms with Gasteiger partial charge >= 0.3 is 0 Å². The van der Waals surface area contributed by atoms with Crippen LogP contribution in [0.5, 0.6) is 0 Å². The first-order valence-corrected chi connectivity index (χ1v) is 3.35. The minimum Gasteiger partial charge on any atom is -0.311 e. The number of hydrogen-bond acceptors (Lipinski definition) is 1. The summed E-state index contributed by atoms with van der Waals surface area (Å²) >= 11 is 5.29. The Labute approximate surface area is 58.4 Å². The Bertz CT molecular complexity index is 60.9. The average molecular weight is 158 g/mol. The fraction of sp³-hybridized carbons (Fsp3) is 1.00. The third kappa shape index (κ3) is 8.11. The van der Waals surface area contributed by atoms with Crippen LogP contribution in [0.1, 0.15) is 6.42 Å². The van der Waals surface area contributed by atoms with E-state index >= 15 is 0 Å². The third-order valence-electron chi connectivity index (χ3n) is 0.786. The monoisotopic (exact) mass is 157 g/mol. The standard InChI is InChI=1S/C5H10ClF2N/c6-2-1-3-9-4-5(7)8/h5,9H,1-4H2. The van der Waals surface area contributed by atoms with Gasteiger partial charge < -0.3 is 5.32 Å². The van der Waals surface area contributed by atoms with Crippen LogP contribution < -0.4 is 5.32 Å². The van der Waals surface area contributed by atoms with E-state index in [-0.39, 0.29) is 6.54 Å². The Morgan fingerprint density at radius 3 is 2.56 bits per heavy atom. The fourth-order valence-corrected chi connectivity index (χ4v) is 0.537. The third-order valence-corrected chi connectivity index (χ3v) is 1.05. The largest absolute Gasteiger partial charge is 0.311 e. The molecule has 0 radical (unpaired) electrons. The van der Waals surface area contributed by atoms with Crippen molar-refractivity contribution < 1.29 is 8.78 Å². The van der Waals surface area contributed by atoms with Crippen LogP contribution in [0.15, 0.2) is 0 Å². The van der Waals surface area contributed by atoms with Gasteiger partial charge in [0.05, 0.1) is 6.54 Å². The van der Waals surface area contributed by atoms with Gasteiger partial charge in [-0.25, -0.2) is 8.78 Å². The van der Waals surface area contributed by atoms with Gasteiger partial charge in [-0.15, -0.1) is 11.6 Å². The van der Waals surface area contributed by atoms with Crippen LogP contribution in [0.3, 0.4) is 0 Å². The normalized spacial score (nSPS) is 10.7. The lowest BCUT2D eigenvalue weighted by atomic mass is 10.5. The maximum absolute atomic E-state index is 11.4. The molecule has 1 nitrogen and oxygen atoms in total. The lowest BCUT2D eigenvalue weighted by molar-refractivity contribution is 0.146. The van der Waals surface area contributed by atoms with Crippen LogP contribution in [0.2, 0.25) is 0 Å². The van der Waals surface area contributed by atoms with E-state index in [1.165, 1.54) is 0 Å². The zero-order valence-electron chi connectivity index (χ0n) is 5.04. The smallest absolute Gasteiger partial charge is 0.250 e. The molecule has 0 saturated carbocycles. The highest BCUT2D eigenvalue weighted by Gasteiger charge is 1.98. The molecule has 0 aliphatic rings. The van der Waals surface area contributed by atoms with E-state index < -0.39 is 6.43 Å². The van der Waals surface area contributed by atoms with Crippen LogP contribution in [0, 0.1) is 0 Å². The van der Waals surface area contributed by atoms with Gasteiger partial charge in [0.1, 0.15) is 0 Å². The van der Waals surface area contributed by atoms with E-state index in [0.29, 0.717) is 12.4 Å². The van der Waals surface area contributed by atoms with Crippen molar-refractivity contribution in [2.75, 3.05) is 19.0 Å². The molecule has 0 amide bonds. The summed E-state index contributed by atoms with van der Waals surface area (Å²) in [5, 5.41) is 2.55. The Morgan fingerprint density at radius 2 is 2.11 bits per heavy atom. The van der Waals surface area contributed by atoms with Crippen molar-refractivity contribution in [3.63, 3.8) is 0 Å². The molecule has 0 atom stereocenters. The van der Waals surface area contributed by atoms with Gasteiger partial charge in [-0.2, -0.15) is 0 Å². The predicted molar refractivity (Wildman–Crippen MR) is 34.2 cm³/mol. The minimum absolute atomic E-state index is 0.225. The summed E-state index contributed by atoms with van der Waals surface area (Å²) in [5.41, 5.74) is 0. The van der Waals surface area contributed by atoms with E-state index in [1.807, 2.05) is 0 Å². The van der Waals surface area contributed by atoms with Gasteiger partial charge in [-0.05, 0) is 13.0 Å². The van der Waals surface area contributed by atoms with Gasteiger partial charge in [0.25, 0.3) is 6.43 Å². The van der Waals surface area contributed by atoms with E-state index in [0.717, 1.165) is 6.42 Å². The first-order valence-electron chi connectivity index (χ1n) is 2.82. The van der Waals surface area contributed by atoms with Crippen LogP contribution in [0.4, 0.5) is 8.78 Å². The fourth-order valence-electron chi connectivity index (χ4n) is 0.403. The Balaban J connectivity index is 2.75. The lowest BCUT2D eigenvalue weighted by Crippen LogP contribution is -2.22. The molecule has 0 aromatic carbocycles. The van der Waals surface area contributed by atoms with Gasteiger partial charge in [0, 0.05) is 5.88 Å².